The second-order valence-electron chi connectivity index (χ2n) is 3.03. The Labute approximate surface area is 105 Å². The quantitative estimate of drug-likeness (QED) is 0.530. The maximum Gasteiger partial charge on any atom is 0.285 e. The molecule has 0 aliphatic carbocycles. The van der Waals surface area contributed by atoms with E-state index in [2.05, 4.69) is 21.2 Å². The minimum Gasteiger partial charge on any atom is -0.325 e. The fraction of sp³-hybridized carbons (Fsp3) is 0.222. The summed E-state index contributed by atoms with van der Waals surface area (Å²) in [6, 6.07) is 4.31. The molecule has 1 N–H and O–H groups in total. The van der Waals surface area contributed by atoms with Gasteiger partial charge in [0.25, 0.3) is 5.69 Å². The van der Waals surface area contributed by atoms with Crippen LogP contribution < -0.4 is 5.32 Å². The second kappa shape index (κ2) is 5.27. The van der Waals surface area contributed by atoms with E-state index in [-0.39, 0.29) is 5.69 Å². The highest BCUT2D eigenvalue weighted by molar-refractivity contribution is 9.10. The van der Waals surface area contributed by atoms with E-state index in [1.807, 2.05) is 0 Å². The maximum absolute atomic E-state index is 11.3. The van der Waals surface area contributed by atoms with Crippen molar-refractivity contribution in [1.82, 2.24) is 0 Å². The predicted octanol–water partition coefficient (Wildman–Crippen LogP) is 2.92. The van der Waals surface area contributed by atoms with Gasteiger partial charge in [0.05, 0.1) is 9.40 Å². The third-order valence-corrected chi connectivity index (χ3v) is 2.64. The molecule has 1 atom stereocenters. The highest BCUT2D eigenvalue weighted by Crippen LogP contribution is 2.27. The van der Waals surface area contributed by atoms with Gasteiger partial charge in [-0.25, -0.2) is 0 Å². The molecule has 1 aromatic carbocycles. The summed E-state index contributed by atoms with van der Waals surface area (Å²) in [5.41, 5.74) is 0.229. The largest absolute Gasteiger partial charge is 0.325 e. The molecule has 1 amide bonds. The Morgan fingerprint density at radius 1 is 1.62 bits per heavy atom. The molecule has 0 spiro atoms. The van der Waals surface area contributed by atoms with Crippen molar-refractivity contribution in [3.63, 3.8) is 0 Å². The van der Waals surface area contributed by atoms with Crippen LogP contribution in [0.3, 0.4) is 0 Å². The van der Waals surface area contributed by atoms with Gasteiger partial charge in [-0.3, -0.25) is 14.9 Å². The number of rotatable bonds is 3. The summed E-state index contributed by atoms with van der Waals surface area (Å²) in [6.07, 6.45) is 0. The first-order valence-electron chi connectivity index (χ1n) is 4.30. The van der Waals surface area contributed by atoms with Gasteiger partial charge in [0, 0.05) is 11.8 Å². The normalized spacial score (nSPS) is 11.9. The smallest absolute Gasteiger partial charge is 0.285 e. The molecule has 1 aromatic rings. The lowest BCUT2D eigenvalue weighted by Crippen LogP contribution is -2.20. The topological polar surface area (TPSA) is 72.2 Å². The van der Waals surface area contributed by atoms with Crippen LogP contribution in [0.4, 0.5) is 11.4 Å². The average molecular weight is 308 g/mol. The van der Waals surface area contributed by atoms with Crippen LogP contribution in [-0.4, -0.2) is 16.2 Å². The van der Waals surface area contributed by atoms with Crippen molar-refractivity contribution >= 4 is 44.8 Å². The van der Waals surface area contributed by atoms with Crippen LogP contribution in [-0.2, 0) is 4.79 Å². The molecule has 0 aliphatic rings. The summed E-state index contributed by atoms with van der Waals surface area (Å²) in [7, 11) is 0. The summed E-state index contributed by atoms with van der Waals surface area (Å²) >= 11 is 8.60. The lowest BCUT2D eigenvalue weighted by Gasteiger charge is -2.06. The Kier molecular flexibility index (Phi) is 4.26. The number of alkyl halides is 1. The Bertz CT molecular complexity index is 437. The molecule has 0 bridgehead atoms. The molecule has 5 nitrogen and oxygen atoms in total. The number of anilines is 1. The minimum atomic E-state index is -0.692. The first-order valence-corrected chi connectivity index (χ1v) is 5.53. The first-order chi connectivity index (χ1) is 7.41. The first kappa shape index (κ1) is 12.9. The summed E-state index contributed by atoms with van der Waals surface area (Å²) in [5, 5.41) is 12.4. The van der Waals surface area contributed by atoms with E-state index in [1.165, 1.54) is 19.1 Å². The van der Waals surface area contributed by atoms with E-state index in [0.29, 0.717) is 10.2 Å². The number of nitro benzene ring substituents is 1. The van der Waals surface area contributed by atoms with Crippen molar-refractivity contribution in [2.24, 2.45) is 0 Å². The number of halogens is 2. The van der Waals surface area contributed by atoms with Crippen LogP contribution >= 0.6 is 27.5 Å². The molecule has 0 aliphatic heterocycles. The van der Waals surface area contributed by atoms with Crippen molar-refractivity contribution in [2.75, 3.05) is 5.32 Å². The SMILES string of the molecule is CC(Cl)C(=O)Nc1ccc(Br)c([N+](=O)[O-])c1. The van der Waals surface area contributed by atoms with E-state index < -0.39 is 16.2 Å². The summed E-state index contributed by atoms with van der Waals surface area (Å²) in [6.45, 7) is 1.52. The van der Waals surface area contributed by atoms with E-state index in [9.17, 15) is 14.9 Å². The third kappa shape index (κ3) is 3.18. The third-order valence-electron chi connectivity index (χ3n) is 1.77. The number of benzene rings is 1. The molecule has 86 valence electrons. The fourth-order valence-electron chi connectivity index (χ4n) is 0.972. The average Bonchev–Trinajstić information content (AvgIpc) is 2.20. The molecule has 1 rings (SSSR count). The number of hydrogen-bond acceptors (Lipinski definition) is 3. The van der Waals surface area contributed by atoms with Gasteiger partial charge in [0.15, 0.2) is 0 Å². The lowest BCUT2D eigenvalue weighted by molar-refractivity contribution is -0.385. The number of carbonyl (C=O) groups excluding carboxylic acids is 1. The summed E-state index contributed by atoms with van der Waals surface area (Å²) in [5.74, 6) is -0.404. The zero-order valence-corrected chi connectivity index (χ0v) is 10.6. The van der Waals surface area contributed by atoms with Gasteiger partial charge in [0.2, 0.25) is 5.91 Å². The number of carbonyl (C=O) groups is 1. The lowest BCUT2D eigenvalue weighted by atomic mass is 10.2. The van der Waals surface area contributed by atoms with Gasteiger partial charge in [0.1, 0.15) is 5.38 Å². The van der Waals surface area contributed by atoms with E-state index in [4.69, 9.17) is 11.6 Å². The van der Waals surface area contributed by atoms with Crippen LogP contribution in [0.25, 0.3) is 0 Å². The van der Waals surface area contributed by atoms with Gasteiger partial charge in [-0.2, -0.15) is 0 Å². The monoisotopic (exact) mass is 306 g/mol. The van der Waals surface area contributed by atoms with Gasteiger partial charge >= 0.3 is 0 Å². The van der Waals surface area contributed by atoms with Crippen molar-refractivity contribution in [3.05, 3.63) is 32.8 Å². The Morgan fingerprint density at radius 2 is 2.25 bits per heavy atom. The zero-order chi connectivity index (χ0) is 12.3. The maximum atomic E-state index is 11.3. The van der Waals surface area contributed by atoms with Gasteiger partial charge in [-0.15, -0.1) is 11.6 Å². The molecular formula is C9H8BrClN2O3. The Morgan fingerprint density at radius 3 is 2.75 bits per heavy atom. The van der Waals surface area contributed by atoms with Crippen LogP contribution in [0, 0.1) is 10.1 Å². The molecule has 0 saturated carbocycles. The molecule has 0 fully saturated rings. The van der Waals surface area contributed by atoms with Crippen LogP contribution in [0.15, 0.2) is 22.7 Å². The molecule has 0 radical (unpaired) electrons. The standard InChI is InChI=1S/C9H8BrClN2O3/c1-5(11)9(14)12-6-2-3-7(10)8(4-6)13(15)16/h2-5H,1H3,(H,12,14). The zero-order valence-electron chi connectivity index (χ0n) is 8.24. The molecule has 16 heavy (non-hydrogen) atoms. The fourth-order valence-corrected chi connectivity index (χ4v) is 1.42. The van der Waals surface area contributed by atoms with Crippen molar-refractivity contribution in [3.8, 4) is 0 Å². The molecule has 0 heterocycles. The van der Waals surface area contributed by atoms with Crippen molar-refractivity contribution in [1.29, 1.82) is 0 Å². The molecule has 1 unspecified atom stereocenters. The molecule has 0 saturated heterocycles. The minimum absolute atomic E-state index is 0.111. The number of nitro groups is 1. The molecule has 7 heteroatoms. The Balaban J connectivity index is 2.95. The highest BCUT2D eigenvalue weighted by Gasteiger charge is 2.15. The van der Waals surface area contributed by atoms with Crippen molar-refractivity contribution in [2.45, 2.75) is 12.3 Å². The van der Waals surface area contributed by atoms with E-state index in [0.717, 1.165) is 0 Å². The van der Waals surface area contributed by atoms with Gasteiger partial charge in [-0.05, 0) is 35.0 Å². The predicted molar refractivity (Wildman–Crippen MR) is 64.7 cm³/mol. The molecular weight excluding hydrogens is 299 g/mol. The van der Waals surface area contributed by atoms with Gasteiger partial charge in [-0.1, -0.05) is 0 Å². The summed E-state index contributed by atoms with van der Waals surface area (Å²) < 4.78 is 0.356. The number of nitrogens with one attached hydrogen (secondary N) is 1. The second-order valence-corrected chi connectivity index (χ2v) is 4.54. The molecule has 0 aromatic heterocycles. The van der Waals surface area contributed by atoms with Crippen LogP contribution in [0.1, 0.15) is 6.92 Å². The number of hydrogen-bond donors (Lipinski definition) is 1. The number of nitrogens with zero attached hydrogens (tertiary/aromatic N) is 1. The van der Waals surface area contributed by atoms with Gasteiger partial charge < -0.3 is 5.32 Å². The van der Waals surface area contributed by atoms with E-state index >= 15 is 0 Å². The van der Waals surface area contributed by atoms with Crippen molar-refractivity contribution < 1.29 is 9.72 Å². The van der Waals surface area contributed by atoms with E-state index in [1.54, 1.807) is 6.07 Å². The van der Waals surface area contributed by atoms with Crippen LogP contribution in [0.5, 0.6) is 0 Å². The summed E-state index contributed by atoms with van der Waals surface area (Å²) in [4.78, 5) is 21.3. The highest BCUT2D eigenvalue weighted by atomic mass is 79.9. The van der Waals surface area contributed by atoms with Crippen LogP contribution in [0.2, 0.25) is 0 Å². The Hall–Kier alpha value is -1.14. The number of amides is 1.